The molecule has 2 aromatic carbocycles. The largest absolute Gasteiger partial charge is 0.492 e. The maximum absolute atomic E-state index is 13.0. The van der Waals surface area contributed by atoms with Gasteiger partial charge < -0.3 is 9.64 Å². The molecule has 1 aliphatic rings. The third kappa shape index (κ3) is 3.74. The monoisotopic (exact) mass is 397 g/mol. The molecule has 3 rings (SSSR count). The van der Waals surface area contributed by atoms with Crippen LogP contribution in [0.5, 0.6) is 5.75 Å². The number of ether oxygens (including phenoxy) is 1. The molecule has 0 saturated heterocycles. The number of likely N-dealkylation sites (N-methyl/N-ethyl adjacent to an activating group) is 1. The van der Waals surface area contributed by atoms with Gasteiger partial charge in [-0.3, -0.25) is 9.11 Å². The Labute approximate surface area is 155 Å². The zero-order valence-electron chi connectivity index (χ0n) is 14.7. The highest BCUT2D eigenvalue weighted by molar-refractivity contribution is 8.25. The molecule has 0 spiro atoms. The minimum atomic E-state index is -3.74. The third-order valence-corrected chi connectivity index (χ3v) is 8.50. The minimum absolute atomic E-state index is 0.173. The zero-order chi connectivity index (χ0) is 18.9. The summed E-state index contributed by atoms with van der Waals surface area (Å²) in [6, 6.07) is 12.9. The number of benzene rings is 2. The highest BCUT2D eigenvalue weighted by atomic mass is 32.3. The van der Waals surface area contributed by atoms with Gasteiger partial charge in [0.15, 0.2) is 9.84 Å². The molecule has 0 amide bonds. The van der Waals surface area contributed by atoms with Crippen molar-refractivity contribution < 1.29 is 22.3 Å². The van der Waals surface area contributed by atoms with E-state index in [0.29, 0.717) is 22.8 Å². The summed E-state index contributed by atoms with van der Waals surface area (Å²) < 4.78 is 52.6. The molecule has 0 fully saturated rings. The fourth-order valence-corrected chi connectivity index (χ4v) is 7.33. The maximum atomic E-state index is 13.0. The Morgan fingerprint density at radius 1 is 1.15 bits per heavy atom. The molecular formula is C18H23NO5S2. The van der Waals surface area contributed by atoms with Crippen molar-refractivity contribution in [1.29, 1.82) is 0 Å². The van der Waals surface area contributed by atoms with Crippen molar-refractivity contribution in [2.24, 2.45) is 0 Å². The SMILES string of the molecule is CN(C)CCOc1ccc2c(c1)C(S(=O)(=O)c1ccccc1)CS2(O)O. The molecule has 2 N–H and O–H groups in total. The van der Waals surface area contributed by atoms with Crippen LogP contribution in [0.3, 0.4) is 0 Å². The third-order valence-electron chi connectivity index (χ3n) is 4.32. The van der Waals surface area contributed by atoms with Gasteiger partial charge in [0.05, 0.1) is 15.5 Å². The van der Waals surface area contributed by atoms with E-state index in [4.69, 9.17) is 4.74 Å². The normalized spacial score (nSPS) is 20.0. The summed E-state index contributed by atoms with van der Waals surface area (Å²) in [7, 11) is -3.01. The lowest BCUT2D eigenvalue weighted by molar-refractivity contribution is 0.261. The molecular weight excluding hydrogens is 374 g/mol. The second kappa shape index (κ2) is 7.21. The number of hydrogen-bond acceptors (Lipinski definition) is 6. The van der Waals surface area contributed by atoms with Crippen LogP contribution < -0.4 is 4.74 Å². The smallest absolute Gasteiger partial charge is 0.187 e. The number of rotatable bonds is 6. The number of fused-ring (bicyclic) bond motifs is 1. The Balaban J connectivity index is 1.96. The summed E-state index contributed by atoms with van der Waals surface area (Å²) in [4.78, 5) is 2.45. The number of nitrogens with zero attached hydrogens (tertiary/aromatic N) is 1. The van der Waals surface area contributed by atoms with Gasteiger partial charge in [0.1, 0.15) is 17.6 Å². The average molecular weight is 398 g/mol. The first kappa shape index (κ1) is 19.2. The van der Waals surface area contributed by atoms with Gasteiger partial charge >= 0.3 is 0 Å². The first-order valence-corrected chi connectivity index (χ1v) is 11.4. The standard InChI is InChI=1S/C18H23NO5S2/c1-19(2)10-11-24-14-8-9-17-16(12-14)18(13-25(17,20)21)26(22,23)15-6-4-3-5-7-15/h3-9,12,18,20-21H,10-11,13H2,1-2H3. The van der Waals surface area contributed by atoms with Gasteiger partial charge in [-0.15, -0.1) is 0 Å². The number of hydrogen-bond donors (Lipinski definition) is 2. The summed E-state index contributed by atoms with van der Waals surface area (Å²) in [6.45, 7) is 1.18. The highest BCUT2D eigenvalue weighted by Crippen LogP contribution is 2.61. The number of sulfone groups is 1. The zero-order valence-corrected chi connectivity index (χ0v) is 16.3. The molecule has 1 atom stereocenters. The molecule has 26 heavy (non-hydrogen) atoms. The summed E-state index contributed by atoms with van der Waals surface area (Å²) in [5.41, 5.74) is 0.413. The van der Waals surface area contributed by atoms with Gasteiger partial charge in [-0.25, -0.2) is 8.42 Å². The molecule has 8 heteroatoms. The van der Waals surface area contributed by atoms with Crippen LogP contribution in [0.15, 0.2) is 58.3 Å². The molecule has 1 heterocycles. The topological polar surface area (TPSA) is 87.1 Å². The fraction of sp³-hybridized carbons (Fsp3) is 0.333. The molecule has 0 aromatic heterocycles. The Kier molecular flexibility index (Phi) is 5.32. The lowest BCUT2D eigenvalue weighted by atomic mass is 10.1. The van der Waals surface area contributed by atoms with E-state index in [-0.39, 0.29) is 10.6 Å². The van der Waals surface area contributed by atoms with Crippen molar-refractivity contribution in [2.75, 3.05) is 33.0 Å². The van der Waals surface area contributed by atoms with Crippen molar-refractivity contribution in [2.45, 2.75) is 15.0 Å². The quantitative estimate of drug-likeness (QED) is 0.778. The van der Waals surface area contributed by atoms with Gasteiger partial charge in [0.2, 0.25) is 0 Å². The molecule has 0 bridgehead atoms. The Morgan fingerprint density at radius 3 is 2.50 bits per heavy atom. The van der Waals surface area contributed by atoms with Crippen LogP contribution in [0, 0.1) is 0 Å². The highest BCUT2D eigenvalue weighted by Gasteiger charge is 2.43. The van der Waals surface area contributed by atoms with Crippen LogP contribution in [0.1, 0.15) is 10.8 Å². The molecule has 142 valence electrons. The molecule has 2 aromatic rings. The van der Waals surface area contributed by atoms with Gasteiger partial charge in [0, 0.05) is 6.54 Å². The lowest BCUT2D eigenvalue weighted by Crippen LogP contribution is -2.19. The molecule has 6 nitrogen and oxygen atoms in total. The minimum Gasteiger partial charge on any atom is -0.492 e. The fourth-order valence-electron chi connectivity index (χ4n) is 2.93. The lowest BCUT2D eigenvalue weighted by Gasteiger charge is -2.27. The summed E-state index contributed by atoms with van der Waals surface area (Å²) in [5.74, 6) is 0.303. The van der Waals surface area contributed by atoms with Crippen molar-refractivity contribution in [3.8, 4) is 5.75 Å². The van der Waals surface area contributed by atoms with Crippen molar-refractivity contribution in [3.63, 3.8) is 0 Å². The van der Waals surface area contributed by atoms with E-state index < -0.39 is 25.7 Å². The van der Waals surface area contributed by atoms with Crippen molar-refractivity contribution in [1.82, 2.24) is 4.90 Å². The van der Waals surface area contributed by atoms with Crippen LogP contribution in [0.25, 0.3) is 0 Å². The van der Waals surface area contributed by atoms with E-state index in [1.807, 2.05) is 19.0 Å². The van der Waals surface area contributed by atoms with Crippen molar-refractivity contribution in [3.05, 3.63) is 54.1 Å². The van der Waals surface area contributed by atoms with E-state index in [1.54, 1.807) is 36.4 Å². The predicted octanol–water partition coefficient (Wildman–Crippen LogP) is 3.27. The first-order valence-electron chi connectivity index (χ1n) is 8.18. The van der Waals surface area contributed by atoms with Gasteiger partial charge in [-0.2, -0.15) is 10.6 Å². The van der Waals surface area contributed by atoms with E-state index in [2.05, 4.69) is 0 Å². The van der Waals surface area contributed by atoms with Crippen LogP contribution in [0.4, 0.5) is 0 Å². The van der Waals surface area contributed by atoms with Crippen LogP contribution in [-0.2, 0) is 9.84 Å². The average Bonchev–Trinajstić information content (AvgIpc) is 2.87. The molecule has 0 saturated carbocycles. The Bertz CT molecular complexity index is 882. The summed E-state index contributed by atoms with van der Waals surface area (Å²) >= 11 is 0. The van der Waals surface area contributed by atoms with Crippen LogP contribution in [0.2, 0.25) is 0 Å². The van der Waals surface area contributed by atoms with E-state index in [9.17, 15) is 17.5 Å². The predicted molar refractivity (Wildman–Crippen MR) is 103 cm³/mol. The maximum Gasteiger partial charge on any atom is 0.187 e. The van der Waals surface area contributed by atoms with Gasteiger partial charge in [-0.1, -0.05) is 18.2 Å². The van der Waals surface area contributed by atoms with E-state index in [0.717, 1.165) is 6.54 Å². The molecule has 1 aliphatic heterocycles. The Hall–Kier alpha value is -1.58. The van der Waals surface area contributed by atoms with E-state index >= 15 is 0 Å². The molecule has 0 radical (unpaired) electrons. The summed E-state index contributed by atoms with van der Waals surface area (Å²) in [5, 5.41) is -0.998. The second-order valence-electron chi connectivity index (χ2n) is 6.53. The van der Waals surface area contributed by atoms with Crippen LogP contribution >= 0.6 is 10.6 Å². The first-order chi connectivity index (χ1) is 12.2. The van der Waals surface area contributed by atoms with Crippen molar-refractivity contribution >= 4 is 20.4 Å². The summed E-state index contributed by atoms with van der Waals surface area (Å²) in [6.07, 6.45) is 0. The molecule has 1 unspecified atom stereocenters. The van der Waals surface area contributed by atoms with Gasteiger partial charge in [0.25, 0.3) is 0 Å². The van der Waals surface area contributed by atoms with Crippen LogP contribution in [-0.4, -0.2) is 55.4 Å². The Morgan fingerprint density at radius 2 is 1.85 bits per heavy atom. The second-order valence-corrected chi connectivity index (χ2v) is 10.8. The van der Waals surface area contributed by atoms with E-state index in [1.165, 1.54) is 12.1 Å². The molecule has 0 aliphatic carbocycles. The van der Waals surface area contributed by atoms with Gasteiger partial charge in [-0.05, 0) is 50.0 Å².